The van der Waals surface area contributed by atoms with E-state index in [4.69, 9.17) is 32.7 Å². The van der Waals surface area contributed by atoms with Crippen molar-refractivity contribution in [2.45, 2.75) is 12.6 Å². The summed E-state index contributed by atoms with van der Waals surface area (Å²) in [6.45, 7) is 0.364. The van der Waals surface area contributed by atoms with Gasteiger partial charge in [-0.25, -0.2) is 0 Å². The van der Waals surface area contributed by atoms with Crippen molar-refractivity contribution in [3.05, 3.63) is 57.6 Å². The maximum absolute atomic E-state index is 13.0. The Morgan fingerprint density at radius 2 is 1.85 bits per heavy atom. The highest BCUT2D eigenvalue weighted by Crippen LogP contribution is 2.35. The molecule has 0 fully saturated rings. The number of hydrogen-bond donors (Lipinski definition) is 1. The zero-order valence-corrected chi connectivity index (χ0v) is 15.7. The third-order valence-corrected chi connectivity index (χ3v) is 4.08. The number of methoxy groups -OCH3 is 1. The molecule has 0 aliphatic carbocycles. The van der Waals surface area contributed by atoms with Gasteiger partial charge < -0.3 is 14.8 Å². The first-order valence-electron chi connectivity index (χ1n) is 7.77. The lowest BCUT2D eigenvalue weighted by molar-refractivity contribution is -0.137. The van der Waals surface area contributed by atoms with Gasteiger partial charge in [0.15, 0.2) is 0 Å². The van der Waals surface area contributed by atoms with Crippen LogP contribution in [0.3, 0.4) is 0 Å². The highest BCUT2D eigenvalue weighted by molar-refractivity contribution is 6.35. The summed E-state index contributed by atoms with van der Waals surface area (Å²) in [7, 11) is 1.47. The fourth-order valence-corrected chi connectivity index (χ4v) is 2.67. The van der Waals surface area contributed by atoms with Crippen molar-refractivity contribution in [3.8, 4) is 5.75 Å². The number of halogens is 5. The van der Waals surface area contributed by atoms with E-state index >= 15 is 0 Å². The second kappa shape index (κ2) is 9.30. The first-order chi connectivity index (χ1) is 12.7. The third kappa shape index (κ3) is 6.30. The van der Waals surface area contributed by atoms with E-state index in [0.29, 0.717) is 15.6 Å². The minimum Gasteiger partial charge on any atom is -0.489 e. The molecule has 0 radical (unpaired) electrons. The second-order valence-corrected chi connectivity index (χ2v) is 6.35. The van der Waals surface area contributed by atoms with E-state index in [2.05, 4.69) is 5.32 Å². The van der Waals surface area contributed by atoms with Gasteiger partial charge in [0, 0.05) is 17.2 Å². The number of amides is 1. The van der Waals surface area contributed by atoms with E-state index in [1.54, 1.807) is 12.1 Å². The number of rotatable bonds is 7. The quantitative estimate of drug-likeness (QED) is 0.623. The summed E-state index contributed by atoms with van der Waals surface area (Å²) in [6.07, 6.45) is -4.69. The average molecular weight is 422 g/mol. The molecule has 0 unspecified atom stereocenters. The van der Waals surface area contributed by atoms with Crippen molar-refractivity contribution in [1.82, 2.24) is 0 Å². The largest absolute Gasteiger partial charge is 0.489 e. The molecule has 2 aromatic rings. The zero-order valence-electron chi connectivity index (χ0n) is 14.2. The van der Waals surface area contributed by atoms with Crippen LogP contribution < -0.4 is 10.1 Å². The van der Waals surface area contributed by atoms with Crippen LogP contribution in [-0.2, 0) is 22.1 Å². The molecule has 2 aromatic carbocycles. The summed E-state index contributed by atoms with van der Waals surface area (Å²) in [6, 6.07) is 7.49. The van der Waals surface area contributed by atoms with Crippen LogP contribution in [0.25, 0.3) is 0 Å². The topological polar surface area (TPSA) is 47.6 Å². The molecule has 2 rings (SSSR count). The van der Waals surface area contributed by atoms with E-state index in [1.807, 2.05) is 0 Å². The van der Waals surface area contributed by atoms with Gasteiger partial charge in [0.05, 0.1) is 24.3 Å². The van der Waals surface area contributed by atoms with Gasteiger partial charge in [-0.3, -0.25) is 4.79 Å². The van der Waals surface area contributed by atoms with Crippen LogP contribution in [0.15, 0.2) is 36.4 Å². The van der Waals surface area contributed by atoms with Crippen molar-refractivity contribution in [2.75, 3.05) is 25.6 Å². The molecule has 4 nitrogen and oxygen atoms in total. The average Bonchev–Trinajstić information content (AvgIpc) is 2.58. The van der Waals surface area contributed by atoms with Crippen LogP contribution in [0.1, 0.15) is 11.1 Å². The van der Waals surface area contributed by atoms with Gasteiger partial charge in [0.1, 0.15) is 12.4 Å². The third-order valence-electron chi connectivity index (χ3n) is 3.49. The Morgan fingerprint density at radius 3 is 2.48 bits per heavy atom. The van der Waals surface area contributed by atoms with E-state index in [-0.39, 0.29) is 31.1 Å². The minimum atomic E-state index is -4.55. The van der Waals surface area contributed by atoms with Gasteiger partial charge in [-0.05, 0) is 35.9 Å². The predicted octanol–water partition coefficient (Wildman–Crippen LogP) is 5.22. The SMILES string of the molecule is COCCOc1ccc(C(F)(F)F)cc1NC(=O)Cc1ccc(Cl)cc1Cl. The van der Waals surface area contributed by atoms with E-state index in [0.717, 1.165) is 18.2 Å². The lowest BCUT2D eigenvalue weighted by atomic mass is 10.1. The Bertz CT molecular complexity index is 813. The van der Waals surface area contributed by atoms with Crippen LogP contribution in [0.5, 0.6) is 5.75 Å². The summed E-state index contributed by atoms with van der Waals surface area (Å²) >= 11 is 11.8. The fourth-order valence-electron chi connectivity index (χ4n) is 2.20. The molecule has 0 aliphatic rings. The molecule has 0 atom stereocenters. The van der Waals surface area contributed by atoms with Crippen molar-refractivity contribution >= 4 is 34.8 Å². The van der Waals surface area contributed by atoms with E-state index in [9.17, 15) is 18.0 Å². The van der Waals surface area contributed by atoms with E-state index in [1.165, 1.54) is 13.2 Å². The summed E-state index contributed by atoms with van der Waals surface area (Å²) < 4.78 is 49.2. The molecule has 146 valence electrons. The molecule has 0 saturated carbocycles. The van der Waals surface area contributed by atoms with Gasteiger partial charge in [-0.15, -0.1) is 0 Å². The summed E-state index contributed by atoms with van der Waals surface area (Å²) in [5.41, 5.74) is -0.496. The molecular formula is C18H16Cl2F3NO3. The Hall–Kier alpha value is -1.96. The lowest BCUT2D eigenvalue weighted by Gasteiger charge is -2.15. The standard InChI is InChI=1S/C18H16Cl2F3NO3/c1-26-6-7-27-16-5-3-12(18(21,22)23)9-15(16)24-17(25)8-11-2-4-13(19)10-14(11)20/h2-5,9-10H,6-8H2,1H3,(H,24,25). The van der Waals surface area contributed by atoms with Gasteiger partial charge in [-0.2, -0.15) is 13.2 Å². The first-order valence-corrected chi connectivity index (χ1v) is 8.53. The van der Waals surface area contributed by atoms with Crippen molar-refractivity contribution < 1.29 is 27.4 Å². The molecule has 9 heteroatoms. The second-order valence-electron chi connectivity index (χ2n) is 5.51. The van der Waals surface area contributed by atoms with Gasteiger partial charge in [0.2, 0.25) is 5.91 Å². The van der Waals surface area contributed by atoms with Gasteiger partial charge in [0.25, 0.3) is 0 Å². The highest BCUT2D eigenvalue weighted by Gasteiger charge is 2.31. The maximum atomic E-state index is 13.0. The molecule has 0 aliphatic heterocycles. The van der Waals surface area contributed by atoms with Crippen LogP contribution in [0, 0.1) is 0 Å². The van der Waals surface area contributed by atoms with Crippen LogP contribution in [0.2, 0.25) is 10.0 Å². The summed E-state index contributed by atoms with van der Waals surface area (Å²) in [4.78, 5) is 12.3. The maximum Gasteiger partial charge on any atom is 0.416 e. The smallest absolute Gasteiger partial charge is 0.416 e. The summed E-state index contributed by atoms with van der Waals surface area (Å²) in [5, 5.41) is 3.15. The molecule has 0 aromatic heterocycles. The normalized spacial score (nSPS) is 11.3. The molecule has 27 heavy (non-hydrogen) atoms. The number of nitrogens with one attached hydrogen (secondary N) is 1. The van der Waals surface area contributed by atoms with Gasteiger partial charge >= 0.3 is 6.18 Å². The fraction of sp³-hybridized carbons (Fsp3) is 0.278. The lowest BCUT2D eigenvalue weighted by Crippen LogP contribution is -2.17. The Labute approximate surface area is 164 Å². The van der Waals surface area contributed by atoms with Crippen LogP contribution in [0.4, 0.5) is 18.9 Å². The molecule has 1 amide bonds. The zero-order chi connectivity index (χ0) is 20.0. The highest BCUT2D eigenvalue weighted by atomic mass is 35.5. The van der Waals surface area contributed by atoms with E-state index < -0.39 is 17.6 Å². The molecule has 0 bridgehead atoms. The number of ether oxygens (including phenoxy) is 2. The number of carbonyl (C=O) groups is 1. The Balaban J connectivity index is 2.21. The van der Waals surface area contributed by atoms with Crippen molar-refractivity contribution in [3.63, 3.8) is 0 Å². The molecule has 0 heterocycles. The number of carbonyl (C=O) groups excluding carboxylic acids is 1. The number of hydrogen-bond acceptors (Lipinski definition) is 3. The first kappa shape index (κ1) is 21.3. The molecule has 1 N–H and O–H groups in total. The van der Waals surface area contributed by atoms with Crippen LogP contribution in [-0.4, -0.2) is 26.2 Å². The van der Waals surface area contributed by atoms with Gasteiger partial charge in [-0.1, -0.05) is 29.3 Å². The number of alkyl halides is 3. The Morgan fingerprint density at radius 1 is 1.11 bits per heavy atom. The number of anilines is 1. The van der Waals surface area contributed by atoms with Crippen molar-refractivity contribution in [2.24, 2.45) is 0 Å². The predicted molar refractivity (Wildman–Crippen MR) is 97.6 cm³/mol. The molecule has 0 saturated heterocycles. The summed E-state index contributed by atoms with van der Waals surface area (Å²) in [5.74, 6) is -0.439. The monoisotopic (exact) mass is 421 g/mol. The molecule has 0 spiro atoms. The molecular weight excluding hydrogens is 406 g/mol. The van der Waals surface area contributed by atoms with Crippen molar-refractivity contribution in [1.29, 1.82) is 0 Å². The van der Waals surface area contributed by atoms with Crippen LogP contribution >= 0.6 is 23.2 Å². The minimum absolute atomic E-state index is 0.0870. The Kier molecular flexibility index (Phi) is 7.35. The number of benzene rings is 2.